The number of carbonyl (C=O) groups excluding carboxylic acids is 4. The minimum Gasteiger partial charge on any atom is -0.469 e. The number of amides is 3. The summed E-state index contributed by atoms with van der Waals surface area (Å²) in [6.07, 6.45) is 0.0124. The Hall–Kier alpha value is -4.42. The minimum absolute atomic E-state index is 0.0471. The van der Waals surface area contributed by atoms with Crippen LogP contribution in [-0.2, 0) is 30.5 Å². The maximum Gasteiger partial charge on any atom is 0.305 e. The normalized spacial score (nSPS) is 14.3. The van der Waals surface area contributed by atoms with Gasteiger partial charge < -0.3 is 35.1 Å². The SMILES string of the molecule is COC(=O)CC[C@H]1NC(=O)c2cc(Oc3cccc(N(C)C)c3)c(NC(=O)COCc3ccsc3)cc2NC1=O. The third kappa shape index (κ3) is 7.36. The molecule has 2 aromatic carbocycles. The van der Waals surface area contributed by atoms with Crippen molar-refractivity contribution >= 4 is 52.1 Å². The molecule has 1 aromatic heterocycles. The highest BCUT2D eigenvalue weighted by Gasteiger charge is 2.30. The van der Waals surface area contributed by atoms with Gasteiger partial charge in [-0.3, -0.25) is 19.2 Å². The molecule has 0 unspecified atom stereocenters. The summed E-state index contributed by atoms with van der Waals surface area (Å²) in [5.74, 6) is -1.30. The van der Waals surface area contributed by atoms with E-state index < -0.39 is 29.7 Å². The van der Waals surface area contributed by atoms with Gasteiger partial charge in [0, 0.05) is 32.3 Å². The Morgan fingerprint density at radius 3 is 2.67 bits per heavy atom. The quantitative estimate of drug-likeness (QED) is 0.299. The van der Waals surface area contributed by atoms with Crippen molar-refractivity contribution in [3.05, 3.63) is 64.4 Å². The molecule has 0 fully saturated rings. The van der Waals surface area contributed by atoms with Gasteiger partial charge in [0.15, 0.2) is 5.75 Å². The Morgan fingerprint density at radius 1 is 1.12 bits per heavy atom. The summed E-state index contributed by atoms with van der Waals surface area (Å²) < 4.78 is 16.3. The fraction of sp³-hybridized carbons (Fsp3) is 0.286. The summed E-state index contributed by atoms with van der Waals surface area (Å²) >= 11 is 1.54. The first-order chi connectivity index (χ1) is 19.2. The monoisotopic (exact) mass is 566 g/mol. The molecule has 3 N–H and O–H groups in total. The molecule has 0 saturated heterocycles. The molecule has 0 aliphatic carbocycles. The second-order valence-corrected chi connectivity index (χ2v) is 9.97. The average molecular weight is 567 g/mol. The van der Waals surface area contributed by atoms with Gasteiger partial charge in [-0.05, 0) is 53.1 Å². The van der Waals surface area contributed by atoms with Crippen molar-refractivity contribution in [3.63, 3.8) is 0 Å². The molecule has 1 atom stereocenters. The largest absolute Gasteiger partial charge is 0.469 e. The zero-order valence-electron chi connectivity index (χ0n) is 22.3. The molecule has 0 saturated carbocycles. The van der Waals surface area contributed by atoms with Crippen LogP contribution in [0, 0.1) is 0 Å². The second-order valence-electron chi connectivity index (χ2n) is 9.19. The minimum atomic E-state index is -0.955. The van der Waals surface area contributed by atoms with Crippen molar-refractivity contribution < 1.29 is 33.4 Å². The first-order valence-corrected chi connectivity index (χ1v) is 13.4. The Kier molecular flexibility index (Phi) is 9.35. The van der Waals surface area contributed by atoms with Gasteiger partial charge in [-0.1, -0.05) is 6.07 Å². The number of ether oxygens (including phenoxy) is 3. The molecule has 3 amide bonds. The van der Waals surface area contributed by atoms with Crippen LogP contribution in [0.5, 0.6) is 11.5 Å². The van der Waals surface area contributed by atoms with E-state index in [9.17, 15) is 19.2 Å². The lowest BCUT2D eigenvalue weighted by molar-refractivity contribution is -0.140. The highest BCUT2D eigenvalue weighted by molar-refractivity contribution is 7.07. The summed E-state index contributed by atoms with van der Waals surface area (Å²) in [6.45, 7) is 0.0654. The second kappa shape index (κ2) is 13.1. The molecule has 1 aliphatic heterocycles. The predicted molar refractivity (Wildman–Crippen MR) is 151 cm³/mol. The number of anilines is 3. The number of esters is 1. The lowest BCUT2D eigenvalue weighted by Gasteiger charge is -2.17. The van der Waals surface area contributed by atoms with Gasteiger partial charge in [0.1, 0.15) is 18.4 Å². The maximum atomic E-state index is 13.1. The molecular formula is C28H30N4O7S. The van der Waals surface area contributed by atoms with Crippen LogP contribution in [0.25, 0.3) is 0 Å². The van der Waals surface area contributed by atoms with Gasteiger partial charge in [0.05, 0.1) is 30.7 Å². The van der Waals surface area contributed by atoms with Crippen LogP contribution in [-0.4, -0.2) is 57.5 Å². The third-order valence-corrected chi connectivity index (χ3v) is 6.76. The molecule has 12 heteroatoms. The third-order valence-electron chi connectivity index (χ3n) is 6.03. The summed E-state index contributed by atoms with van der Waals surface area (Å²) in [4.78, 5) is 52.3. The summed E-state index contributed by atoms with van der Waals surface area (Å²) in [6, 6.07) is 11.2. The Morgan fingerprint density at radius 2 is 1.95 bits per heavy atom. The number of rotatable bonds is 11. The van der Waals surface area contributed by atoms with E-state index in [1.165, 1.54) is 30.6 Å². The molecule has 3 aromatic rings. The molecule has 2 heterocycles. The van der Waals surface area contributed by atoms with Crippen molar-refractivity contribution in [2.24, 2.45) is 0 Å². The van der Waals surface area contributed by atoms with Gasteiger partial charge in [0.25, 0.3) is 5.91 Å². The van der Waals surface area contributed by atoms with Crippen LogP contribution in [0.3, 0.4) is 0 Å². The summed E-state index contributed by atoms with van der Waals surface area (Å²) in [5.41, 5.74) is 2.41. The Bertz CT molecular complexity index is 1390. The van der Waals surface area contributed by atoms with E-state index in [1.54, 1.807) is 6.07 Å². The molecule has 0 spiro atoms. The van der Waals surface area contributed by atoms with Crippen LogP contribution in [0.1, 0.15) is 28.8 Å². The van der Waals surface area contributed by atoms with E-state index in [1.807, 2.05) is 54.0 Å². The van der Waals surface area contributed by atoms with Crippen molar-refractivity contribution in [1.29, 1.82) is 0 Å². The number of carbonyl (C=O) groups is 4. The highest BCUT2D eigenvalue weighted by atomic mass is 32.1. The van der Waals surface area contributed by atoms with E-state index in [4.69, 9.17) is 9.47 Å². The molecular weight excluding hydrogens is 536 g/mol. The number of hydrogen-bond acceptors (Lipinski definition) is 9. The smallest absolute Gasteiger partial charge is 0.305 e. The molecule has 40 heavy (non-hydrogen) atoms. The van der Waals surface area contributed by atoms with Crippen molar-refractivity contribution in [2.45, 2.75) is 25.5 Å². The number of thiophene rings is 1. The van der Waals surface area contributed by atoms with Crippen LogP contribution < -0.4 is 25.6 Å². The number of benzene rings is 2. The van der Waals surface area contributed by atoms with E-state index in [2.05, 4.69) is 20.7 Å². The average Bonchev–Trinajstić information content (AvgIpc) is 3.41. The molecule has 1 aliphatic rings. The van der Waals surface area contributed by atoms with Crippen molar-refractivity contribution in [3.8, 4) is 11.5 Å². The first kappa shape index (κ1) is 28.6. The first-order valence-electron chi connectivity index (χ1n) is 12.4. The molecule has 210 valence electrons. The van der Waals surface area contributed by atoms with Gasteiger partial charge in [-0.2, -0.15) is 11.3 Å². The van der Waals surface area contributed by atoms with Crippen LogP contribution in [0.4, 0.5) is 17.1 Å². The lowest BCUT2D eigenvalue weighted by Crippen LogP contribution is -2.41. The number of nitrogens with one attached hydrogen (secondary N) is 3. The molecule has 0 bridgehead atoms. The summed E-state index contributed by atoms with van der Waals surface area (Å²) in [5, 5.41) is 12.0. The van der Waals surface area contributed by atoms with Crippen LogP contribution in [0.15, 0.2) is 53.2 Å². The Balaban J connectivity index is 1.60. The predicted octanol–water partition coefficient (Wildman–Crippen LogP) is 3.77. The van der Waals surface area contributed by atoms with Gasteiger partial charge in [-0.25, -0.2) is 0 Å². The zero-order chi connectivity index (χ0) is 28.6. The standard InChI is InChI=1S/C28H30N4O7S/c1-32(2)18-5-4-6-19(11-18)39-24-12-20-22(31-28(36)21(30-27(20)35)7-8-26(34)37-3)13-23(24)29-25(33)15-38-14-17-9-10-40-16-17/h4-6,9-13,16,21H,7-8,14-15H2,1-3H3,(H,29,33)(H,30,35)(H,31,36)/t21-/m1/s1. The number of hydrogen-bond donors (Lipinski definition) is 3. The van der Waals surface area contributed by atoms with E-state index in [-0.39, 0.29) is 48.7 Å². The molecule has 0 radical (unpaired) electrons. The van der Waals surface area contributed by atoms with E-state index >= 15 is 0 Å². The van der Waals surface area contributed by atoms with E-state index in [0.717, 1.165) is 11.3 Å². The summed E-state index contributed by atoms with van der Waals surface area (Å²) in [7, 11) is 5.04. The van der Waals surface area contributed by atoms with Gasteiger partial charge >= 0.3 is 5.97 Å². The fourth-order valence-corrected chi connectivity index (χ4v) is 4.57. The number of nitrogens with zero attached hydrogens (tertiary/aromatic N) is 1. The molecule has 4 rings (SSSR count). The zero-order valence-corrected chi connectivity index (χ0v) is 23.1. The topological polar surface area (TPSA) is 135 Å². The number of methoxy groups -OCH3 is 1. The van der Waals surface area contributed by atoms with Gasteiger partial charge in [0.2, 0.25) is 11.8 Å². The van der Waals surface area contributed by atoms with Crippen LogP contribution >= 0.6 is 11.3 Å². The van der Waals surface area contributed by atoms with Crippen molar-refractivity contribution in [2.75, 3.05) is 43.3 Å². The fourth-order valence-electron chi connectivity index (χ4n) is 3.92. The van der Waals surface area contributed by atoms with Gasteiger partial charge in [-0.15, -0.1) is 0 Å². The van der Waals surface area contributed by atoms with E-state index in [0.29, 0.717) is 5.75 Å². The Labute approximate surface area is 235 Å². The maximum absolute atomic E-state index is 13.1. The van der Waals surface area contributed by atoms with Crippen LogP contribution in [0.2, 0.25) is 0 Å². The lowest BCUT2D eigenvalue weighted by atomic mass is 10.1. The van der Waals surface area contributed by atoms with Crippen molar-refractivity contribution in [1.82, 2.24) is 5.32 Å². The molecule has 11 nitrogen and oxygen atoms in total. The highest BCUT2D eigenvalue weighted by Crippen LogP contribution is 2.37. The number of fused-ring (bicyclic) bond motifs is 1.